The molecule has 0 amide bonds. The van der Waals surface area contributed by atoms with Crippen molar-refractivity contribution in [3.05, 3.63) is 23.8 Å². The molecule has 0 aromatic heterocycles. The first-order valence-corrected chi connectivity index (χ1v) is 10.1. The Hall–Kier alpha value is -2.37. The molecule has 1 aromatic carbocycles. The molecule has 0 bridgehead atoms. The summed E-state index contributed by atoms with van der Waals surface area (Å²) in [6.07, 6.45) is 3.89. The molecule has 0 fully saturated rings. The third-order valence-electron chi connectivity index (χ3n) is 4.04. The molecule has 0 radical (unpaired) electrons. The van der Waals surface area contributed by atoms with Crippen molar-refractivity contribution in [2.75, 3.05) is 6.61 Å². The van der Waals surface area contributed by atoms with Crippen LogP contribution in [0, 0.1) is 10.8 Å². The van der Waals surface area contributed by atoms with Gasteiger partial charge in [0.1, 0.15) is 17.1 Å². The molecule has 0 heterocycles. The van der Waals surface area contributed by atoms with Gasteiger partial charge in [0, 0.05) is 0 Å². The third-order valence-corrected chi connectivity index (χ3v) is 4.04. The van der Waals surface area contributed by atoms with Crippen LogP contribution >= 0.6 is 0 Å². The molecule has 162 valence electrons. The second kappa shape index (κ2) is 10.4. The maximum Gasteiger partial charge on any atom is 0.342 e. The molecule has 0 saturated heterocycles. The van der Waals surface area contributed by atoms with Gasteiger partial charge in [-0.2, -0.15) is 0 Å². The molecular formula is C23H34O6. The van der Waals surface area contributed by atoms with Crippen LogP contribution in [0.3, 0.4) is 0 Å². The average molecular weight is 407 g/mol. The SMILES string of the molecule is CCCCCCOC(=O)c1cc(OC(=O)C(C)(C)C)ccc1OC(=O)C(C)(C)C. The van der Waals surface area contributed by atoms with E-state index in [2.05, 4.69) is 6.92 Å². The lowest BCUT2D eigenvalue weighted by atomic mass is 9.97. The number of carbonyl (C=O) groups excluding carboxylic acids is 3. The number of benzene rings is 1. The molecule has 0 aliphatic carbocycles. The van der Waals surface area contributed by atoms with E-state index in [1.165, 1.54) is 18.2 Å². The number of hydrogen-bond acceptors (Lipinski definition) is 6. The van der Waals surface area contributed by atoms with Crippen molar-refractivity contribution in [3.8, 4) is 11.5 Å². The number of carbonyl (C=O) groups is 3. The fraction of sp³-hybridized carbons (Fsp3) is 0.609. The quantitative estimate of drug-likeness (QED) is 0.330. The third kappa shape index (κ3) is 8.26. The maximum atomic E-state index is 12.6. The van der Waals surface area contributed by atoms with E-state index in [0.29, 0.717) is 0 Å². The lowest BCUT2D eigenvalue weighted by Gasteiger charge is -2.19. The predicted octanol–water partition coefficient (Wildman–Crippen LogP) is 5.33. The minimum Gasteiger partial charge on any atom is -0.462 e. The molecule has 1 aromatic rings. The molecular weight excluding hydrogens is 372 g/mol. The molecule has 0 saturated carbocycles. The molecule has 0 aliphatic rings. The molecule has 0 atom stereocenters. The highest BCUT2D eigenvalue weighted by Crippen LogP contribution is 2.29. The van der Waals surface area contributed by atoms with E-state index in [1.54, 1.807) is 41.5 Å². The number of hydrogen-bond donors (Lipinski definition) is 0. The summed E-state index contributed by atoms with van der Waals surface area (Å²) in [6, 6.07) is 4.32. The zero-order valence-electron chi connectivity index (χ0n) is 18.7. The first kappa shape index (κ1) is 24.7. The van der Waals surface area contributed by atoms with Gasteiger partial charge in [-0.05, 0) is 66.2 Å². The maximum absolute atomic E-state index is 12.6. The van der Waals surface area contributed by atoms with Crippen molar-refractivity contribution in [1.82, 2.24) is 0 Å². The minimum atomic E-state index is -0.737. The van der Waals surface area contributed by atoms with Gasteiger partial charge in [0.05, 0.1) is 17.4 Å². The van der Waals surface area contributed by atoms with Gasteiger partial charge in [0.2, 0.25) is 0 Å². The summed E-state index contributed by atoms with van der Waals surface area (Å²) < 4.78 is 16.1. The Morgan fingerprint density at radius 1 is 0.828 bits per heavy atom. The summed E-state index contributed by atoms with van der Waals surface area (Å²) in [5.41, 5.74) is -1.38. The van der Waals surface area contributed by atoms with Crippen LogP contribution in [0.4, 0.5) is 0 Å². The first-order valence-electron chi connectivity index (χ1n) is 10.1. The van der Waals surface area contributed by atoms with Crippen LogP contribution in [0.25, 0.3) is 0 Å². The lowest BCUT2D eigenvalue weighted by Crippen LogP contribution is -2.27. The van der Waals surface area contributed by atoms with Gasteiger partial charge in [0.15, 0.2) is 0 Å². The minimum absolute atomic E-state index is 0.0531. The van der Waals surface area contributed by atoms with E-state index in [0.717, 1.165) is 25.7 Å². The molecule has 0 aliphatic heterocycles. The summed E-state index contributed by atoms with van der Waals surface area (Å²) in [4.78, 5) is 37.0. The van der Waals surface area contributed by atoms with Crippen molar-refractivity contribution in [3.63, 3.8) is 0 Å². The van der Waals surface area contributed by atoms with Crippen LogP contribution in [0.15, 0.2) is 18.2 Å². The van der Waals surface area contributed by atoms with Crippen LogP contribution in [0.1, 0.15) is 84.5 Å². The van der Waals surface area contributed by atoms with Crippen molar-refractivity contribution in [1.29, 1.82) is 0 Å². The zero-order valence-corrected chi connectivity index (χ0v) is 18.7. The number of unbranched alkanes of at least 4 members (excludes halogenated alkanes) is 3. The van der Waals surface area contributed by atoms with Crippen LogP contribution in [-0.2, 0) is 14.3 Å². The Labute approximate surface area is 173 Å². The molecule has 29 heavy (non-hydrogen) atoms. The average Bonchev–Trinajstić information content (AvgIpc) is 2.60. The second-order valence-electron chi connectivity index (χ2n) is 9.13. The normalized spacial score (nSPS) is 11.7. The predicted molar refractivity (Wildman–Crippen MR) is 111 cm³/mol. The zero-order chi connectivity index (χ0) is 22.2. The monoisotopic (exact) mass is 406 g/mol. The van der Waals surface area contributed by atoms with Crippen molar-refractivity contribution in [2.24, 2.45) is 10.8 Å². The van der Waals surface area contributed by atoms with E-state index in [4.69, 9.17) is 14.2 Å². The molecule has 0 unspecified atom stereocenters. The summed E-state index contributed by atoms with van der Waals surface area (Å²) in [5, 5.41) is 0. The molecule has 6 nitrogen and oxygen atoms in total. The topological polar surface area (TPSA) is 78.9 Å². The van der Waals surface area contributed by atoms with E-state index in [1.807, 2.05) is 0 Å². The highest BCUT2D eigenvalue weighted by molar-refractivity contribution is 5.94. The number of ether oxygens (including phenoxy) is 3. The van der Waals surface area contributed by atoms with Crippen LogP contribution in [0.2, 0.25) is 0 Å². The van der Waals surface area contributed by atoms with E-state index >= 15 is 0 Å². The van der Waals surface area contributed by atoms with Crippen LogP contribution in [0.5, 0.6) is 11.5 Å². The van der Waals surface area contributed by atoms with Gasteiger partial charge in [0.25, 0.3) is 0 Å². The Morgan fingerprint density at radius 2 is 1.41 bits per heavy atom. The summed E-state index contributed by atoms with van der Waals surface area (Å²) >= 11 is 0. The van der Waals surface area contributed by atoms with Crippen molar-refractivity contribution < 1.29 is 28.6 Å². The van der Waals surface area contributed by atoms with E-state index in [9.17, 15) is 14.4 Å². The summed E-state index contributed by atoms with van der Waals surface area (Å²) in [6.45, 7) is 12.8. The standard InChI is InChI=1S/C23H34O6/c1-8-9-10-11-14-27-19(24)17-15-16(28-20(25)22(2,3)4)12-13-18(17)29-21(26)23(5,6)7/h12-13,15H,8-11,14H2,1-7H3. The fourth-order valence-corrected chi connectivity index (χ4v) is 2.11. The van der Waals surface area contributed by atoms with Crippen molar-refractivity contribution in [2.45, 2.75) is 74.1 Å². The van der Waals surface area contributed by atoms with Crippen molar-refractivity contribution >= 4 is 17.9 Å². The van der Waals surface area contributed by atoms with Crippen LogP contribution < -0.4 is 9.47 Å². The fourth-order valence-electron chi connectivity index (χ4n) is 2.11. The van der Waals surface area contributed by atoms with Gasteiger partial charge in [-0.3, -0.25) is 9.59 Å². The summed E-state index contributed by atoms with van der Waals surface area (Å²) in [5.74, 6) is -1.26. The summed E-state index contributed by atoms with van der Waals surface area (Å²) in [7, 11) is 0. The first-order chi connectivity index (χ1) is 13.4. The van der Waals surface area contributed by atoms with E-state index < -0.39 is 28.7 Å². The second-order valence-corrected chi connectivity index (χ2v) is 9.13. The Bertz CT molecular complexity index is 722. The Morgan fingerprint density at radius 3 is 1.97 bits per heavy atom. The smallest absolute Gasteiger partial charge is 0.342 e. The number of esters is 3. The molecule has 1 rings (SSSR count). The van der Waals surface area contributed by atoms with Gasteiger partial charge >= 0.3 is 17.9 Å². The van der Waals surface area contributed by atoms with Gasteiger partial charge in [-0.1, -0.05) is 26.2 Å². The Balaban J connectivity index is 3.06. The largest absolute Gasteiger partial charge is 0.462 e. The molecule has 0 spiro atoms. The van der Waals surface area contributed by atoms with Crippen LogP contribution in [-0.4, -0.2) is 24.5 Å². The highest BCUT2D eigenvalue weighted by atomic mass is 16.6. The van der Waals surface area contributed by atoms with E-state index in [-0.39, 0.29) is 23.7 Å². The van der Waals surface area contributed by atoms with Gasteiger partial charge < -0.3 is 14.2 Å². The van der Waals surface area contributed by atoms with Gasteiger partial charge in [-0.15, -0.1) is 0 Å². The molecule has 0 N–H and O–H groups in total. The number of rotatable bonds is 8. The highest BCUT2D eigenvalue weighted by Gasteiger charge is 2.28. The Kier molecular flexibility index (Phi) is 8.86. The lowest BCUT2D eigenvalue weighted by molar-refractivity contribution is -0.144. The van der Waals surface area contributed by atoms with Gasteiger partial charge in [-0.25, -0.2) is 4.79 Å². The molecule has 6 heteroatoms.